The zero-order valence-corrected chi connectivity index (χ0v) is 27.5. The Balaban J connectivity index is 1.47. The van der Waals surface area contributed by atoms with E-state index in [4.69, 9.17) is 4.74 Å². The molecular weight excluding hydrogens is 590 g/mol. The molecule has 3 aromatic rings. The van der Waals surface area contributed by atoms with Crippen LogP contribution in [0.2, 0.25) is 0 Å². The molecule has 0 radical (unpaired) electrons. The average Bonchev–Trinajstić information content (AvgIpc) is 3.71. The van der Waals surface area contributed by atoms with Crippen LogP contribution >= 0.6 is 0 Å². The molecule has 2 atom stereocenters. The summed E-state index contributed by atoms with van der Waals surface area (Å²) in [6.07, 6.45) is 6.49. The topological polar surface area (TPSA) is 104 Å². The number of hydrogen-bond acceptors (Lipinski definition) is 6. The fourth-order valence-electron chi connectivity index (χ4n) is 8.02. The fraction of sp³-hybridized carbons (Fsp3) is 0.529. The van der Waals surface area contributed by atoms with Crippen molar-refractivity contribution in [3.63, 3.8) is 0 Å². The maximum absolute atomic E-state index is 14.5. The normalized spacial score (nSPS) is 26.3. The van der Waals surface area contributed by atoms with Crippen molar-refractivity contribution < 1.29 is 22.7 Å². The van der Waals surface area contributed by atoms with Crippen LogP contribution in [0.1, 0.15) is 71.8 Å². The van der Waals surface area contributed by atoms with Gasteiger partial charge in [0, 0.05) is 74.8 Å². The lowest BCUT2D eigenvalue weighted by Gasteiger charge is -2.28. The molecule has 45 heavy (non-hydrogen) atoms. The molecule has 2 amide bonds. The zero-order valence-electron chi connectivity index (χ0n) is 26.6. The molecule has 0 saturated heterocycles. The van der Waals surface area contributed by atoms with Gasteiger partial charge < -0.3 is 19.1 Å². The first-order valence-corrected chi connectivity index (χ1v) is 17.5. The van der Waals surface area contributed by atoms with Crippen molar-refractivity contribution in [2.45, 2.75) is 56.9 Å². The predicted octanol–water partition coefficient (Wildman–Crippen LogP) is 4.16. The van der Waals surface area contributed by atoms with Gasteiger partial charge in [0.15, 0.2) is 0 Å². The first-order chi connectivity index (χ1) is 21.5. The third-order valence-electron chi connectivity index (χ3n) is 10.8. The molecule has 11 heteroatoms. The summed E-state index contributed by atoms with van der Waals surface area (Å²) in [5.41, 5.74) is 5.20. The minimum absolute atomic E-state index is 0.0526. The molecule has 3 heterocycles. The third-order valence-corrected chi connectivity index (χ3v) is 12.2. The summed E-state index contributed by atoms with van der Waals surface area (Å²) in [6.45, 7) is 2.28. The van der Waals surface area contributed by atoms with Crippen LogP contribution in [-0.2, 0) is 21.5 Å². The monoisotopic (exact) mass is 633 g/mol. The Hall–Kier alpha value is -3.41. The molecule has 2 fully saturated rings. The maximum atomic E-state index is 14.5. The van der Waals surface area contributed by atoms with Crippen LogP contribution in [0.15, 0.2) is 36.4 Å². The highest BCUT2D eigenvalue weighted by atomic mass is 32.2. The molecule has 4 aliphatic rings. The number of carbonyl (C=O) groups excluding carboxylic acids is 2. The van der Waals surface area contributed by atoms with Crippen LogP contribution in [0.4, 0.5) is 0 Å². The molecule has 10 nitrogen and oxygen atoms in total. The Kier molecular flexibility index (Phi) is 7.49. The lowest BCUT2D eigenvalue weighted by molar-refractivity contribution is -0.136. The number of likely N-dealkylation sites (N-methyl/N-ethyl adjacent to an activating group) is 3. The van der Waals surface area contributed by atoms with E-state index in [1.54, 1.807) is 13.2 Å². The molecule has 0 unspecified atom stereocenters. The van der Waals surface area contributed by atoms with Crippen molar-refractivity contribution in [3.05, 3.63) is 53.1 Å². The fourth-order valence-corrected chi connectivity index (χ4v) is 8.85. The molecule has 1 aromatic heterocycles. The Labute approximate surface area is 265 Å². The lowest BCUT2D eigenvalue weighted by Crippen LogP contribution is -2.45. The number of fused-ring (bicyclic) bond motifs is 4. The Morgan fingerprint density at radius 1 is 0.933 bits per heavy atom. The number of carbonyl (C=O) groups is 2. The summed E-state index contributed by atoms with van der Waals surface area (Å²) in [5.74, 6) is 0.654. The lowest BCUT2D eigenvalue weighted by atomic mass is 9.81. The van der Waals surface area contributed by atoms with E-state index in [1.807, 2.05) is 42.1 Å². The first-order valence-electron chi connectivity index (χ1n) is 16.1. The molecule has 2 saturated carbocycles. The van der Waals surface area contributed by atoms with E-state index in [1.165, 1.54) is 36.2 Å². The number of aromatic nitrogens is 1. The van der Waals surface area contributed by atoms with Crippen molar-refractivity contribution in [3.8, 4) is 17.0 Å². The van der Waals surface area contributed by atoms with E-state index in [-0.39, 0.29) is 23.9 Å². The summed E-state index contributed by atoms with van der Waals surface area (Å²) in [5, 5.41) is 1.07. The number of hydrogen-bond donors (Lipinski definition) is 1. The smallest absolute Gasteiger partial charge is 0.303 e. The van der Waals surface area contributed by atoms with Gasteiger partial charge in [0.2, 0.25) is 5.91 Å². The van der Waals surface area contributed by atoms with Crippen molar-refractivity contribution in [1.82, 2.24) is 23.4 Å². The molecule has 1 N–H and O–H groups in total. The number of benzene rings is 2. The highest BCUT2D eigenvalue weighted by Gasteiger charge is 2.63. The number of ether oxygens (including phenoxy) is 1. The van der Waals surface area contributed by atoms with E-state index in [9.17, 15) is 18.0 Å². The number of rotatable bonds is 2. The SMILES string of the molecule is COc1ccc2c(c1)[C@H]1C[C@@]13Cn1c-2c(C2CCCCC2)c2ccc(cc21)C(=O)NS(=O)(=O)N(C)CCN(C)CCN(C)C3=O. The Bertz CT molecular complexity index is 1800. The minimum atomic E-state index is -4.05. The largest absolute Gasteiger partial charge is 0.497 e. The van der Waals surface area contributed by atoms with Gasteiger partial charge in [-0.3, -0.25) is 9.59 Å². The summed E-state index contributed by atoms with van der Waals surface area (Å²) in [7, 11) is 2.90. The number of nitrogens with zero attached hydrogens (tertiary/aromatic N) is 4. The average molecular weight is 634 g/mol. The standard InChI is InChI=1S/C34H43N5O5S/c1-36-14-16-37(2)33(41)34-20-28(34)27-19-24(44-4)11-13-25(27)31-30(22-8-6-5-7-9-22)26-12-10-23(18-29(26)39(31)21-34)32(40)35-45(42,43)38(3)17-15-36/h10-13,18-19,22,28H,5-9,14-17,20-21H2,1-4H3,(H,35,40)/t28-,34-/m1/s1. The van der Waals surface area contributed by atoms with Crippen molar-refractivity contribution in [1.29, 1.82) is 0 Å². The van der Waals surface area contributed by atoms with Gasteiger partial charge in [0.25, 0.3) is 5.91 Å². The van der Waals surface area contributed by atoms with E-state index in [0.717, 1.165) is 52.7 Å². The van der Waals surface area contributed by atoms with Crippen LogP contribution < -0.4 is 9.46 Å². The summed E-state index contributed by atoms with van der Waals surface area (Å²) in [6, 6.07) is 11.8. The predicted molar refractivity (Wildman–Crippen MR) is 174 cm³/mol. The molecule has 2 aromatic carbocycles. The van der Waals surface area contributed by atoms with Gasteiger partial charge in [-0.05, 0) is 73.7 Å². The maximum Gasteiger partial charge on any atom is 0.303 e. The van der Waals surface area contributed by atoms with Crippen LogP contribution in [0.25, 0.3) is 22.2 Å². The summed E-state index contributed by atoms with van der Waals surface area (Å²) < 4.78 is 37.7. The van der Waals surface area contributed by atoms with Crippen molar-refractivity contribution >= 4 is 32.9 Å². The second-order valence-corrected chi connectivity index (χ2v) is 15.3. The molecule has 240 valence electrons. The van der Waals surface area contributed by atoms with Crippen LogP contribution in [0.5, 0.6) is 5.75 Å². The number of amides is 2. The molecule has 2 aliphatic carbocycles. The molecule has 7 rings (SSSR count). The second-order valence-electron chi connectivity index (χ2n) is 13.6. The summed E-state index contributed by atoms with van der Waals surface area (Å²) in [4.78, 5) is 31.9. The zero-order chi connectivity index (χ0) is 31.7. The van der Waals surface area contributed by atoms with Crippen molar-refractivity contribution in [2.24, 2.45) is 5.41 Å². The van der Waals surface area contributed by atoms with Crippen LogP contribution in [-0.4, -0.2) is 93.3 Å². The van der Waals surface area contributed by atoms with Crippen LogP contribution in [0.3, 0.4) is 0 Å². The quantitative estimate of drug-likeness (QED) is 0.455. The second kappa shape index (κ2) is 11.1. The third kappa shape index (κ3) is 5.03. The van der Waals surface area contributed by atoms with Crippen molar-refractivity contribution in [2.75, 3.05) is 54.4 Å². The molecule has 4 bridgehead atoms. The van der Waals surface area contributed by atoms with Gasteiger partial charge >= 0.3 is 10.2 Å². The first kappa shape index (κ1) is 30.3. The number of nitrogens with one attached hydrogen (secondary N) is 1. The van der Waals surface area contributed by atoms with Gasteiger partial charge in [-0.2, -0.15) is 12.7 Å². The molecule has 2 aliphatic heterocycles. The minimum Gasteiger partial charge on any atom is -0.497 e. The van der Waals surface area contributed by atoms with Gasteiger partial charge in [-0.1, -0.05) is 25.3 Å². The Morgan fingerprint density at radius 2 is 1.69 bits per heavy atom. The van der Waals surface area contributed by atoms with E-state index >= 15 is 0 Å². The summed E-state index contributed by atoms with van der Waals surface area (Å²) >= 11 is 0. The number of methoxy groups -OCH3 is 1. The van der Waals surface area contributed by atoms with Gasteiger partial charge in [0.05, 0.1) is 18.2 Å². The van der Waals surface area contributed by atoms with Gasteiger partial charge in [-0.15, -0.1) is 0 Å². The van der Waals surface area contributed by atoms with E-state index in [2.05, 4.69) is 21.4 Å². The van der Waals surface area contributed by atoms with Gasteiger partial charge in [-0.25, -0.2) is 4.72 Å². The Morgan fingerprint density at radius 3 is 2.44 bits per heavy atom. The highest BCUT2D eigenvalue weighted by Crippen LogP contribution is 2.66. The highest BCUT2D eigenvalue weighted by molar-refractivity contribution is 7.87. The van der Waals surface area contributed by atoms with Gasteiger partial charge in [0.1, 0.15) is 5.75 Å². The van der Waals surface area contributed by atoms with E-state index < -0.39 is 21.5 Å². The van der Waals surface area contributed by atoms with E-state index in [0.29, 0.717) is 32.1 Å². The van der Waals surface area contributed by atoms with Crippen LogP contribution in [0, 0.1) is 5.41 Å². The molecule has 1 spiro atoms. The molecular formula is C34H43N5O5S.